The third-order valence-corrected chi connectivity index (χ3v) is 6.50. The maximum Gasteiger partial charge on any atom is 0.311 e. The van der Waals surface area contributed by atoms with E-state index >= 15 is 0 Å². The monoisotopic (exact) mass is 497 g/mol. The van der Waals surface area contributed by atoms with Crippen molar-refractivity contribution in [1.82, 2.24) is 9.55 Å². The van der Waals surface area contributed by atoms with E-state index < -0.39 is 11.0 Å². The van der Waals surface area contributed by atoms with Gasteiger partial charge in [0.15, 0.2) is 5.75 Å². The molecule has 9 heteroatoms. The predicted octanol–water partition coefficient (Wildman–Crippen LogP) is 5.89. The van der Waals surface area contributed by atoms with Gasteiger partial charge < -0.3 is 15.4 Å². The molecule has 0 saturated heterocycles. The Morgan fingerprint density at radius 2 is 1.92 bits per heavy atom. The van der Waals surface area contributed by atoms with E-state index in [1.54, 1.807) is 19.1 Å². The fourth-order valence-electron chi connectivity index (χ4n) is 4.84. The number of allylic oxidation sites excluding steroid dienone is 1. The van der Waals surface area contributed by atoms with E-state index in [-0.39, 0.29) is 17.3 Å². The number of aromatic nitrogens is 2. The van der Waals surface area contributed by atoms with Crippen molar-refractivity contribution in [1.29, 1.82) is 0 Å². The molecule has 9 nitrogen and oxygen atoms in total. The second kappa shape index (κ2) is 9.42. The number of ether oxygens (including phenoxy) is 1. The van der Waals surface area contributed by atoms with Crippen LogP contribution in [0.1, 0.15) is 36.6 Å². The van der Waals surface area contributed by atoms with E-state index in [1.165, 1.54) is 6.07 Å². The highest BCUT2D eigenvalue weighted by molar-refractivity contribution is 6.06. The van der Waals surface area contributed by atoms with E-state index in [9.17, 15) is 14.9 Å². The van der Waals surface area contributed by atoms with Crippen molar-refractivity contribution in [2.75, 3.05) is 17.2 Å². The van der Waals surface area contributed by atoms with Gasteiger partial charge in [0, 0.05) is 17.5 Å². The summed E-state index contributed by atoms with van der Waals surface area (Å²) in [4.78, 5) is 30.0. The molecule has 2 N–H and O–H groups in total. The smallest absolute Gasteiger partial charge is 0.311 e. The van der Waals surface area contributed by atoms with Crippen LogP contribution in [0.15, 0.2) is 71.9 Å². The lowest BCUT2D eigenvalue weighted by atomic mass is 9.93. The molecule has 1 aromatic heterocycles. The molecule has 4 aromatic rings. The van der Waals surface area contributed by atoms with Crippen LogP contribution in [0.5, 0.6) is 5.75 Å². The van der Waals surface area contributed by atoms with E-state index in [1.807, 2.05) is 67.8 Å². The minimum absolute atomic E-state index is 0.157. The first-order valence-electron chi connectivity index (χ1n) is 12.0. The maximum atomic E-state index is 13.9. The van der Waals surface area contributed by atoms with Crippen molar-refractivity contribution >= 4 is 34.3 Å². The highest BCUT2D eigenvalue weighted by Crippen LogP contribution is 2.42. The Morgan fingerprint density at radius 1 is 1.14 bits per heavy atom. The molecule has 2 heterocycles. The van der Waals surface area contributed by atoms with Crippen LogP contribution in [0.3, 0.4) is 0 Å². The van der Waals surface area contributed by atoms with Crippen LogP contribution in [0.25, 0.3) is 11.0 Å². The average molecular weight is 498 g/mol. The predicted molar refractivity (Wildman–Crippen MR) is 143 cm³/mol. The summed E-state index contributed by atoms with van der Waals surface area (Å²) in [5.41, 5.74) is 5.77. The lowest BCUT2D eigenvalue weighted by Crippen LogP contribution is -2.31. The summed E-state index contributed by atoms with van der Waals surface area (Å²) >= 11 is 0. The number of anilines is 2. The molecule has 0 aliphatic carbocycles. The topological polar surface area (TPSA) is 111 Å². The van der Waals surface area contributed by atoms with Crippen LogP contribution in [-0.2, 0) is 4.79 Å². The number of nitrogens with one attached hydrogen (secondary N) is 2. The van der Waals surface area contributed by atoms with Crippen molar-refractivity contribution in [2.45, 2.75) is 33.7 Å². The fraction of sp³-hybridized carbons (Fsp3) is 0.214. The van der Waals surface area contributed by atoms with Gasteiger partial charge in [0.05, 0.1) is 34.2 Å². The van der Waals surface area contributed by atoms with Gasteiger partial charge in [-0.25, -0.2) is 4.98 Å². The number of hydrogen-bond acceptors (Lipinski definition) is 6. The van der Waals surface area contributed by atoms with Crippen molar-refractivity contribution < 1.29 is 14.5 Å². The fourth-order valence-corrected chi connectivity index (χ4v) is 4.84. The number of rotatable bonds is 6. The second-order valence-corrected chi connectivity index (χ2v) is 9.05. The normalized spacial score (nSPS) is 14.8. The first-order valence-corrected chi connectivity index (χ1v) is 12.0. The van der Waals surface area contributed by atoms with Gasteiger partial charge in [-0.3, -0.25) is 19.5 Å². The third-order valence-electron chi connectivity index (χ3n) is 6.50. The maximum absolute atomic E-state index is 13.9. The van der Waals surface area contributed by atoms with Gasteiger partial charge in [-0.05, 0) is 63.1 Å². The van der Waals surface area contributed by atoms with E-state index in [4.69, 9.17) is 9.72 Å². The molecule has 1 aliphatic heterocycles. The number of carbonyl (C=O) groups is 1. The van der Waals surface area contributed by atoms with Crippen molar-refractivity contribution in [3.05, 3.63) is 98.7 Å². The van der Waals surface area contributed by atoms with Crippen LogP contribution < -0.4 is 15.4 Å². The van der Waals surface area contributed by atoms with Crippen molar-refractivity contribution in [2.24, 2.45) is 0 Å². The highest BCUT2D eigenvalue weighted by atomic mass is 16.6. The number of fused-ring (bicyclic) bond motifs is 3. The van der Waals surface area contributed by atoms with Gasteiger partial charge in [-0.2, -0.15) is 0 Å². The van der Waals surface area contributed by atoms with Gasteiger partial charge in [0.25, 0.3) is 5.91 Å². The molecule has 5 rings (SSSR count). The largest absolute Gasteiger partial charge is 0.487 e. The summed E-state index contributed by atoms with van der Waals surface area (Å²) in [6, 6.07) is 17.6. The molecule has 0 radical (unpaired) electrons. The first-order chi connectivity index (χ1) is 17.8. The number of carbonyl (C=O) groups excluding carboxylic acids is 1. The lowest BCUT2D eigenvalue weighted by molar-refractivity contribution is -0.385. The number of benzene rings is 3. The minimum Gasteiger partial charge on any atom is -0.487 e. The molecular formula is C28H27N5O4. The van der Waals surface area contributed by atoms with E-state index in [0.29, 0.717) is 35.1 Å². The third kappa shape index (κ3) is 4.29. The molecule has 37 heavy (non-hydrogen) atoms. The van der Waals surface area contributed by atoms with Crippen molar-refractivity contribution in [3.63, 3.8) is 0 Å². The van der Waals surface area contributed by atoms with Gasteiger partial charge in [-0.1, -0.05) is 35.9 Å². The molecular weight excluding hydrogens is 470 g/mol. The van der Waals surface area contributed by atoms with Gasteiger partial charge in [-0.15, -0.1) is 0 Å². The molecule has 0 bridgehead atoms. The molecule has 188 valence electrons. The van der Waals surface area contributed by atoms with Crippen LogP contribution in [0, 0.1) is 24.0 Å². The molecule has 1 aliphatic rings. The standard InChI is InChI=1S/C28H27N5O4/c1-5-37-24-13-11-19(15-23(24)33(35)36)26-25(27(34)30-20-12-10-16(2)14-17(20)3)18(4)29-28-31-21-8-6-7-9-22(21)32(26)28/h6-15,26H,5H2,1-4H3,(H,29,31)(H,30,34). The summed E-state index contributed by atoms with van der Waals surface area (Å²) in [7, 11) is 0. The van der Waals surface area contributed by atoms with E-state index in [0.717, 1.165) is 22.2 Å². The zero-order valence-corrected chi connectivity index (χ0v) is 21.0. The zero-order chi connectivity index (χ0) is 26.3. The van der Waals surface area contributed by atoms with Gasteiger partial charge in [0.2, 0.25) is 5.95 Å². The number of nitro groups is 1. The summed E-state index contributed by atoms with van der Waals surface area (Å²) < 4.78 is 7.41. The Morgan fingerprint density at radius 3 is 2.65 bits per heavy atom. The quantitative estimate of drug-likeness (QED) is 0.254. The molecule has 1 atom stereocenters. The SMILES string of the molecule is CCOc1ccc(C2C(C(=O)Nc3ccc(C)cc3C)=C(C)Nc3nc4ccccc4n32)cc1[N+](=O)[O-]. The van der Waals surface area contributed by atoms with Crippen LogP contribution >= 0.6 is 0 Å². The number of nitro benzene ring substituents is 1. The van der Waals surface area contributed by atoms with Crippen LogP contribution in [0.4, 0.5) is 17.3 Å². The summed E-state index contributed by atoms with van der Waals surface area (Å²) in [6.07, 6.45) is 0. The number of para-hydroxylation sites is 2. The summed E-state index contributed by atoms with van der Waals surface area (Å²) in [5, 5.41) is 18.2. The first kappa shape index (κ1) is 24.1. The Kier molecular flexibility index (Phi) is 6.12. The average Bonchev–Trinajstić information content (AvgIpc) is 3.23. The number of amides is 1. The van der Waals surface area contributed by atoms with Gasteiger partial charge in [0.1, 0.15) is 0 Å². The Balaban J connectivity index is 1.69. The zero-order valence-electron chi connectivity index (χ0n) is 21.0. The second-order valence-electron chi connectivity index (χ2n) is 9.05. The summed E-state index contributed by atoms with van der Waals surface area (Å²) in [6.45, 7) is 7.83. The number of aryl methyl sites for hydroxylation is 2. The highest BCUT2D eigenvalue weighted by Gasteiger charge is 2.35. The van der Waals surface area contributed by atoms with Crippen LogP contribution in [0.2, 0.25) is 0 Å². The van der Waals surface area contributed by atoms with Crippen molar-refractivity contribution in [3.8, 4) is 5.75 Å². The Hall–Kier alpha value is -4.66. The Bertz CT molecular complexity index is 1590. The molecule has 1 unspecified atom stereocenters. The summed E-state index contributed by atoms with van der Waals surface area (Å²) in [5.74, 6) is 0.438. The number of nitrogens with zero attached hydrogens (tertiary/aromatic N) is 3. The van der Waals surface area contributed by atoms with Crippen LogP contribution in [-0.4, -0.2) is 27.0 Å². The lowest BCUT2D eigenvalue weighted by Gasteiger charge is -2.31. The molecule has 1 amide bonds. The molecule has 0 saturated carbocycles. The number of hydrogen-bond donors (Lipinski definition) is 2. The molecule has 0 spiro atoms. The Labute approximate surface area is 213 Å². The minimum atomic E-state index is -0.663. The molecule has 0 fully saturated rings. The number of imidazole rings is 1. The van der Waals surface area contributed by atoms with Gasteiger partial charge >= 0.3 is 5.69 Å². The van der Waals surface area contributed by atoms with E-state index in [2.05, 4.69) is 10.6 Å². The molecule has 3 aromatic carbocycles.